The number of nitrogens with zero attached hydrogens (tertiary/aromatic N) is 1. The minimum atomic E-state index is -0.0936. The maximum Gasteiger partial charge on any atom is 0.234 e. The number of halogens is 1. The molecule has 1 N–H and O–H groups in total. The quantitative estimate of drug-likeness (QED) is 0.808. The van der Waals surface area contributed by atoms with Gasteiger partial charge in [-0.2, -0.15) is 0 Å². The molecule has 1 fully saturated rings. The van der Waals surface area contributed by atoms with Gasteiger partial charge >= 0.3 is 0 Å². The Balaban J connectivity index is 1.78. The maximum atomic E-state index is 12.0. The molecule has 0 atom stereocenters. The lowest BCUT2D eigenvalue weighted by Crippen LogP contribution is -2.36. The van der Waals surface area contributed by atoms with Gasteiger partial charge in [0.05, 0.1) is 17.9 Å². The number of amides is 1. The maximum absolute atomic E-state index is 12.0. The molecule has 0 bridgehead atoms. The van der Waals surface area contributed by atoms with Gasteiger partial charge in [0.15, 0.2) is 0 Å². The van der Waals surface area contributed by atoms with E-state index in [1.807, 2.05) is 0 Å². The molecule has 0 aliphatic carbocycles. The number of methoxy groups -OCH3 is 1. The molecule has 0 unspecified atom stereocenters. The molecule has 1 heterocycles. The van der Waals surface area contributed by atoms with Gasteiger partial charge in [0, 0.05) is 18.8 Å². The third kappa shape index (κ3) is 5.55. The molecule has 126 valence electrons. The number of thioether (sulfide) groups is 1. The van der Waals surface area contributed by atoms with Gasteiger partial charge in [0.25, 0.3) is 0 Å². The van der Waals surface area contributed by atoms with Crippen LogP contribution in [0.4, 0.5) is 5.69 Å². The zero-order chi connectivity index (χ0) is 16.8. The third-order valence-electron chi connectivity index (χ3n) is 3.80. The summed E-state index contributed by atoms with van der Waals surface area (Å²) in [5.74, 6) is 1.56. The second-order valence-electron chi connectivity index (χ2n) is 5.62. The number of thiocarbonyl (C=S) groups is 1. The molecule has 1 aromatic rings. The molecule has 1 aromatic carbocycles. The van der Waals surface area contributed by atoms with Crippen molar-refractivity contribution in [2.24, 2.45) is 5.92 Å². The number of likely N-dealkylation sites (tertiary alicyclic amines) is 1. The largest absolute Gasteiger partial charge is 0.495 e. The summed E-state index contributed by atoms with van der Waals surface area (Å²) in [4.78, 5) is 14.2. The number of anilines is 1. The van der Waals surface area contributed by atoms with Crippen molar-refractivity contribution < 1.29 is 9.53 Å². The Morgan fingerprint density at radius 3 is 2.78 bits per heavy atom. The van der Waals surface area contributed by atoms with Crippen LogP contribution in [0.5, 0.6) is 5.75 Å². The van der Waals surface area contributed by atoms with Crippen molar-refractivity contribution >= 4 is 51.5 Å². The van der Waals surface area contributed by atoms with E-state index in [9.17, 15) is 4.79 Å². The minimum absolute atomic E-state index is 0.0936. The Morgan fingerprint density at radius 1 is 1.48 bits per heavy atom. The minimum Gasteiger partial charge on any atom is -0.495 e. The van der Waals surface area contributed by atoms with Crippen LogP contribution in [-0.4, -0.2) is 41.1 Å². The summed E-state index contributed by atoms with van der Waals surface area (Å²) in [5, 5.41) is 3.29. The van der Waals surface area contributed by atoms with Crippen LogP contribution in [0.25, 0.3) is 0 Å². The molecule has 1 aliphatic rings. The predicted molar refractivity (Wildman–Crippen MR) is 102 cm³/mol. The molecule has 0 aromatic heterocycles. The molecule has 1 saturated heterocycles. The zero-order valence-electron chi connectivity index (χ0n) is 13.3. The molecule has 7 heteroatoms. The summed E-state index contributed by atoms with van der Waals surface area (Å²) in [7, 11) is 1.55. The average Bonchev–Trinajstić information content (AvgIpc) is 2.53. The summed E-state index contributed by atoms with van der Waals surface area (Å²) in [6.45, 7) is 4.24. The zero-order valence-corrected chi connectivity index (χ0v) is 15.7. The number of ether oxygens (including phenoxy) is 1. The second-order valence-corrected chi connectivity index (χ2v) is 7.64. The summed E-state index contributed by atoms with van der Waals surface area (Å²) < 4.78 is 5.89. The topological polar surface area (TPSA) is 41.6 Å². The molecular formula is C16H21ClN2O2S2. The van der Waals surface area contributed by atoms with Gasteiger partial charge in [-0.15, -0.1) is 0 Å². The first-order chi connectivity index (χ1) is 11.0. The SMILES string of the molecule is COc1ccc(NC(=O)CSC(=S)N2CCC(C)CC2)cc1Cl. The lowest BCUT2D eigenvalue weighted by Gasteiger charge is -2.31. The highest BCUT2D eigenvalue weighted by molar-refractivity contribution is 8.23. The first kappa shape index (κ1) is 18.4. The molecule has 0 saturated carbocycles. The van der Waals surface area contributed by atoms with Crippen LogP contribution < -0.4 is 10.1 Å². The van der Waals surface area contributed by atoms with Crippen molar-refractivity contribution in [3.63, 3.8) is 0 Å². The van der Waals surface area contributed by atoms with E-state index in [4.69, 9.17) is 28.6 Å². The Labute approximate surface area is 151 Å². The standard InChI is InChI=1S/C16H21ClN2O2S2/c1-11-5-7-19(8-6-11)16(22)23-10-15(20)18-12-3-4-14(21-2)13(17)9-12/h3-4,9,11H,5-8,10H2,1-2H3,(H,18,20). The summed E-state index contributed by atoms with van der Waals surface area (Å²) >= 11 is 12.9. The number of piperidine rings is 1. The number of carbonyl (C=O) groups is 1. The molecule has 23 heavy (non-hydrogen) atoms. The first-order valence-corrected chi connectivity index (χ1v) is 9.32. The van der Waals surface area contributed by atoms with Crippen LogP contribution in [-0.2, 0) is 4.79 Å². The smallest absolute Gasteiger partial charge is 0.234 e. The van der Waals surface area contributed by atoms with Gasteiger partial charge in [-0.3, -0.25) is 4.79 Å². The van der Waals surface area contributed by atoms with Gasteiger partial charge in [-0.05, 0) is 37.0 Å². The van der Waals surface area contributed by atoms with Crippen molar-refractivity contribution in [2.75, 3.05) is 31.3 Å². The summed E-state index contributed by atoms with van der Waals surface area (Å²) in [5.41, 5.74) is 0.652. The third-order valence-corrected chi connectivity index (χ3v) is 5.62. The Bertz CT molecular complexity index is 575. The Kier molecular flexibility index (Phi) is 6.99. The highest BCUT2D eigenvalue weighted by Crippen LogP contribution is 2.27. The van der Waals surface area contributed by atoms with E-state index >= 15 is 0 Å². The fourth-order valence-electron chi connectivity index (χ4n) is 2.35. The lowest BCUT2D eigenvalue weighted by molar-refractivity contribution is -0.113. The van der Waals surface area contributed by atoms with Gasteiger partial charge in [-0.1, -0.05) is 42.5 Å². The number of carbonyl (C=O) groups excluding carboxylic acids is 1. The van der Waals surface area contributed by atoms with E-state index in [0.717, 1.165) is 36.2 Å². The highest BCUT2D eigenvalue weighted by Gasteiger charge is 2.18. The van der Waals surface area contributed by atoms with Gasteiger partial charge in [0.1, 0.15) is 10.1 Å². The van der Waals surface area contributed by atoms with E-state index in [-0.39, 0.29) is 5.91 Å². The molecule has 0 radical (unpaired) electrons. The van der Waals surface area contributed by atoms with Crippen LogP contribution in [0.2, 0.25) is 5.02 Å². The number of nitrogens with one attached hydrogen (secondary N) is 1. The Hall–Kier alpha value is -0.980. The molecule has 2 rings (SSSR count). The van der Waals surface area contributed by atoms with Crippen LogP contribution >= 0.6 is 35.6 Å². The summed E-state index contributed by atoms with van der Waals surface area (Å²) in [6.07, 6.45) is 2.33. The van der Waals surface area contributed by atoms with Gasteiger partial charge in [0.2, 0.25) is 5.91 Å². The van der Waals surface area contributed by atoms with Crippen molar-refractivity contribution in [2.45, 2.75) is 19.8 Å². The molecule has 1 amide bonds. The number of benzene rings is 1. The van der Waals surface area contributed by atoms with E-state index in [1.54, 1.807) is 25.3 Å². The van der Waals surface area contributed by atoms with E-state index in [0.29, 0.717) is 22.2 Å². The fraction of sp³-hybridized carbons (Fsp3) is 0.500. The van der Waals surface area contributed by atoms with Crippen LogP contribution in [0.1, 0.15) is 19.8 Å². The van der Waals surface area contributed by atoms with Crippen LogP contribution in [0.3, 0.4) is 0 Å². The summed E-state index contributed by atoms with van der Waals surface area (Å²) in [6, 6.07) is 5.16. The fourth-order valence-corrected chi connectivity index (χ4v) is 3.66. The number of hydrogen-bond donors (Lipinski definition) is 1. The Morgan fingerprint density at radius 2 is 2.17 bits per heavy atom. The number of rotatable bonds is 4. The van der Waals surface area contributed by atoms with Crippen molar-refractivity contribution in [3.05, 3.63) is 23.2 Å². The van der Waals surface area contributed by atoms with Crippen LogP contribution in [0, 0.1) is 5.92 Å². The molecular weight excluding hydrogens is 352 g/mol. The molecule has 1 aliphatic heterocycles. The van der Waals surface area contributed by atoms with E-state index in [1.165, 1.54) is 11.8 Å². The predicted octanol–water partition coefficient (Wildman–Crippen LogP) is 4.04. The second kappa shape index (κ2) is 8.76. The molecule has 4 nitrogen and oxygen atoms in total. The van der Waals surface area contributed by atoms with Crippen molar-refractivity contribution in [3.8, 4) is 5.75 Å². The average molecular weight is 373 g/mol. The highest BCUT2D eigenvalue weighted by atomic mass is 35.5. The molecule has 0 spiro atoms. The van der Waals surface area contributed by atoms with E-state index < -0.39 is 0 Å². The monoisotopic (exact) mass is 372 g/mol. The van der Waals surface area contributed by atoms with Crippen LogP contribution in [0.15, 0.2) is 18.2 Å². The van der Waals surface area contributed by atoms with Gasteiger partial charge in [-0.25, -0.2) is 0 Å². The van der Waals surface area contributed by atoms with Gasteiger partial charge < -0.3 is 15.0 Å². The van der Waals surface area contributed by atoms with Crippen molar-refractivity contribution in [1.82, 2.24) is 4.90 Å². The van der Waals surface area contributed by atoms with E-state index in [2.05, 4.69) is 17.1 Å². The normalized spacial score (nSPS) is 15.3. The first-order valence-electron chi connectivity index (χ1n) is 7.54. The van der Waals surface area contributed by atoms with Crippen molar-refractivity contribution in [1.29, 1.82) is 0 Å². The lowest BCUT2D eigenvalue weighted by atomic mass is 10.00. The number of hydrogen-bond acceptors (Lipinski definition) is 4.